The van der Waals surface area contributed by atoms with E-state index in [1.807, 2.05) is 0 Å². The van der Waals surface area contributed by atoms with Crippen LogP contribution in [0.5, 0.6) is 0 Å². The zero-order valence-electron chi connectivity index (χ0n) is 9.96. The summed E-state index contributed by atoms with van der Waals surface area (Å²) in [7, 11) is 1.28. The quantitative estimate of drug-likeness (QED) is 0.849. The molecule has 0 aliphatic heterocycles. The molecule has 1 aromatic rings. The second-order valence-corrected chi connectivity index (χ2v) is 4.76. The van der Waals surface area contributed by atoms with Crippen LogP contribution < -0.4 is 5.73 Å². The predicted molar refractivity (Wildman–Crippen MR) is 64.1 cm³/mol. The van der Waals surface area contributed by atoms with Crippen LogP contribution in [-0.4, -0.2) is 13.1 Å². The number of hydrogen-bond acceptors (Lipinski definition) is 3. The van der Waals surface area contributed by atoms with E-state index in [1.165, 1.54) is 25.3 Å². The molecule has 0 fully saturated rings. The molecule has 1 atom stereocenters. The molecule has 3 nitrogen and oxygen atoms in total. The lowest BCUT2D eigenvalue weighted by atomic mass is 9.81. The van der Waals surface area contributed by atoms with Gasteiger partial charge in [-0.05, 0) is 37.6 Å². The van der Waals surface area contributed by atoms with E-state index in [-0.39, 0.29) is 0 Å². The lowest BCUT2D eigenvalue weighted by molar-refractivity contribution is -0.152. The minimum Gasteiger partial charge on any atom is -0.469 e. The molecule has 0 heterocycles. The predicted octanol–water partition coefficient (Wildman–Crippen LogP) is 2.68. The highest BCUT2D eigenvalue weighted by atomic mass is 35.5. The van der Waals surface area contributed by atoms with Gasteiger partial charge in [-0.15, -0.1) is 0 Å². The first kappa shape index (κ1) is 13.9. The summed E-state index contributed by atoms with van der Waals surface area (Å²) in [5.74, 6) is -0.911. The van der Waals surface area contributed by atoms with Gasteiger partial charge in [-0.3, -0.25) is 4.79 Å². The van der Waals surface area contributed by atoms with Crippen LogP contribution in [0.1, 0.15) is 25.5 Å². The zero-order chi connectivity index (χ0) is 13.2. The number of carbonyl (C=O) groups excluding carboxylic acids is 1. The third kappa shape index (κ3) is 2.76. The largest absolute Gasteiger partial charge is 0.469 e. The topological polar surface area (TPSA) is 52.3 Å². The van der Waals surface area contributed by atoms with E-state index in [0.29, 0.717) is 10.6 Å². The lowest BCUT2D eigenvalue weighted by Crippen LogP contribution is -2.37. The van der Waals surface area contributed by atoms with Crippen molar-refractivity contribution in [1.82, 2.24) is 0 Å². The van der Waals surface area contributed by atoms with Crippen molar-refractivity contribution < 1.29 is 13.9 Å². The monoisotopic (exact) mass is 259 g/mol. The van der Waals surface area contributed by atoms with Crippen LogP contribution in [0.25, 0.3) is 0 Å². The van der Waals surface area contributed by atoms with Crippen molar-refractivity contribution in [3.63, 3.8) is 0 Å². The molecular formula is C12H15ClFNO2. The fourth-order valence-corrected chi connectivity index (χ4v) is 1.77. The Morgan fingerprint density at radius 3 is 2.65 bits per heavy atom. The summed E-state index contributed by atoms with van der Waals surface area (Å²) in [5.41, 5.74) is 5.38. The maximum atomic E-state index is 13.1. The van der Waals surface area contributed by atoms with Crippen molar-refractivity contribution >= 4 is 17.6 Å². The van der Waals surface area contributed by atoms with Crippen LogP contribution in [0, 0.1) is 11.2 Å². The fraction of sp³-hybridized carbons (Fsp3) is 0.417. The smallest absolute Gasteiger partial charge is 0.313 e. The van der Waals surface area contributed by atoms with E-state index in [9.17, 15) is 9.18 Å². The Bertz CT molecular complexity index is 435. The summed E-state index contributed by atoms with van der Waals surface area (Å²) in [4.78, 5) is 11.6. The highest BCUT2D eigenvalue weighted by molar-refractivity contribution is 6.31. The minimum atomic E-state index is -0.980. The molecule has 0 amide bonds. The number of halogens is 2. The van der Waals surface area contributed by atoms with Crippen LogP contribution in [0.4, 0.5) is 4.39 Å². The van der Waals surface area contributed by atoms with Gasteiger partial charge in [0.25, 0.3) is 0 Å². The van der Waals surface area contributed by atoms with Gasteiger partial charge < -0.3 is 10.5 Å². The van der Waals surface area contributed by atoms with Crippen LogP contribution in [0.15, 0.2) is 18.2 Å². The van der Waals surface area contributed by atoms with E-state index in [1.54, 1.807) is 13.8 Å². The standard InChI is InChI=1S/C12H15ClFNO2/c1-12(2,11(16)17-3)10(15)8-6-7(14)4-5-9(8)13/h4-6,10H,15H2,1-3H3/t10-/m1/s1. The average molecular weight is 260 g/mol. The number of carbonyl (C=O) groups is 1. The van der Waals surface area contributed by atoms with E-state index in [0.717, 1.165) is 0 Å². The van der Waals surface area contributed by atoms with Crippen molar-refractivity contribution in [3.8, 4) is 0 Å². The second kappa shape index (κ2) is 5.02. The molecule has 94 valence electrons. The molecule has 0 aromatic heterocycles. The van der Waals surface area contributed by atoms with Crippen LogP contribution in [0.2, 0.25) is 5.02 Å². The van der Waals surface area contributed by atoms with Gasteiger partial charge in [0.1, 0.15) is 5.82 Å². The Kier molecular flexibility index (Phi) is 4.11. The summed E-state index contributed by atoms with van der Waals surface area (Å²) in [6.07, 6.45) is 0. The van der Waals surface area contributed by atoms with Crippen LogP contribution in [0.3, 0.4) is 0 Å². The number of hydrogen-bond donors (Lipinski definition) is 1. The van der Waals surface area contributed by atoms with Crippen LogP contribution >= 0.6 is 11.6 Å². The number of esters is 1. The molecule has 0 spiro atoms. The molecule has 5 heteroatoms. The molecule has 1 aromatic carbocycles. The summed E-state index contributed by atoms with van der Waals surface area (Å²) in [6, 6.07) is 3.15. The number of nitrogens with two attached hydrogens (primary N) is 1. The van der Waals surface area contributed by atoms with Gasteiger partial charge in [0.05, 0.1) is 12.5 Å². The molecule has 0 bridgehead atoms. The molecule has 0 saturated heterocycles. The number of rotatable bonds is 3. The number of benzene rings is 1. The minimum absolute atomic E-state index is 0.330. The Morgan fingerprint density at radius 1 is 1.53 bits per heavy atom. The molecule has 17 heavy (non-hydrogen) atoms. The molecular weight excluding hydrogens is 245 g/mol. The van der Waals surface area contributed by atoms with Gasteiger partial charge in [0, 0.05) is 11.1 Å². The van der Waals surface area contributed by atoms with Gasteiger partial charge in [-0.1, -0.05) is 11.6 Å². The Hall–Kier alpha value is -1.13. The Labute approximate surface area is 105 Å². The van der Waals surface area contributed by atoms with E-state index in [2.05, 4.69) is 4.74 Å². The summed E-state index contributed by atoms with van der Waals surface area (Å²) in [5, 5.41) is 0.330. The average Bonchev–Trinajstić information content (AvgIpc) is 2.30. The first-order valence-corrected chi connectivity index (χ1v) is 5.47. The summed E-state index contributed by atoms with van der Waals surface area (Å²) < 4.78 is 17.8. The molecule has 2 N–H and O–H groups in total. The first-order chi connectivity index (χ1) is 7.80. The van der Waals surface area contributed by atoms with Crippen molar-refractivity contribution in [2.75, 3.05) is 7.11 Å². The maximum Gasteiger partial charge on any atom is 0.313 e. The number of methoxy groups -OCH3 is 1. The highest BCUT2D eigenvalue weighted by Crippen LogP contribution is 2.36. The SMILES string of the molecule is COC(=O)C(C)(C)[C@H](N)c1cc(F)ccc1Cl. The number of ether oxygens (including phenoxy) is 1. The molecule has 0 aliphatic carbocycles. The lowest BCUT2D eigenvalue weighted by Gasteiger charge is -2.29. The molecule has 0 saturated carbocycles. The third-order valence-electron chi connectivity index (χ3n) is 2.78. The normalized spacial score (nSPS) is 13.3. The van der Waals surface area contributed by atoms with Crippen LogP contribution in [-0.2, 0) is 9.53 Å². The van der Waals surface area contributed by atoms with Gasteiger partial charge in [-0.2, -0.15) is 0 Å². The van der Waals surface area contributed by atoms with Gasteiger partial charge >= 0.3 is 5.97 Å². The molecule has 0 aliphatic rings. The molecule has 0 unspecified atom stereocenters. The first-order valence-electron chi connectivity index (χ1n) is 5.09. The van der Waals surface area contributed by atoms with Crippen molar-refractivity contribution in [2.24, 2.45) is 11.1 Å². The van der Waals surface area contributed by atoms with E-state index >= 15 is 0 Å². The van der Waals surface area contributed by atoms with Crippen molar-refractivity contribution in [1.29, 1.82) is 0 Å². The molecule has 0 radical (unpaired) electrons. The summed E-state index contributed by atoms with van der Waals surface area (Å²) >= 11 is 5.95. The second-order valence-electron chi connectivity index (χ2n) is 4.36. The molecule has 1 rings (SSSR count). The maximum absolute atomic E-state index is 13.1. The highest BCUT2D eigenvalue weighted by Gasteiger charge is 2.37. The van der Waals surface area contributed by atoms with Crippen molar-refractivity contribution in [2.45, 2.75) is 19.9 Å². The zero-order valence-corrected chi connectivity index (χ0v) is 10.7. The summed E-state index contributed by atoms with van der Waals surface area (Å²) in [6.45, 7) is 3.26. The Balaban J connectivity index is 3.15. The van der Waals surface area contributed by atoms with Gasteiger partial charge in [-0.25, -0.2) is 4.39 Å². The van der Waals surface area contributed by atoms with Gasteiger partial charge in [0.15, 0.2) is 0 Å². The van der Waals surface area contributed by atoms with E-state index in [4.69, 9.17) is 17.3 Å². The fourth-order valence-electron chi connectivity index (χ4n) is 1.53. The third-order valence-corrected chi connectivity index (χ3v) is 3.13. The van der Waals surface area contributed by atoms with Crippen molar-refractivity contribution in [3.05, 3.63) is 34.6 Å². The Morgan fingerprint density at radius 2 is 2.12 bits per heavy atom. The van der Waals surface area contributed by atoms with E-state index < -0.39 is 23.2 Å². The van der Waals surface area contributed by atoms with Gasteiger partial charge in [0.2, 0.25) is 0 Å².